The molecule has 3 aromatic carbocycles. The maximum Gasteiger partial charge on any atom is 0.119 e. The zero-order chi connectivity index (χ0) is 35.0. The standard InChI is InChI=1S/C48H68O2/c1-3-5-7-9-11-13-15-17-19-24-40-49-47-34-30-44(31-35-47)45-36-38-48(39-37-45,50-41-25-20-18-16-14-12-10-8-6-4-2)46-32-28-43(29-33-46)42-26-22-21-23-27-42/h21-23,26-38H,3-20,24-25,39-41H2,1-2H3. The van der Waals surface area contributed by atoms with Crippen LogP contribution in [0, 0.1) is 0 Å². The van der Waals surface area contributed by atoms with E-state index in [1.807, 2.05) is 0 Å². The highest BCUT2D eigenvalue weighted by Gasteiger charge is 2.31. The Balaban J connectivity index is 1.25. The SMILES string of the molecule is CCCCCCCCCCCCOc1ccc(C2=CCC(OCCCCCCCCCCCC)(c3ccc(-c4ccccc4)cc3)C=C2)cc1. The van der Waals surface area contributed by atoms with Gasteiger partial charge in [-0.2, -0.15) is 0 Å². The summed E-state index contributed by atoms with van der Waals surface area (Å²) >= 11 is 0. The topological polar surface area (TPSA) is 18.5 Å². The van der Waals surface area contributed by atoms with Gasteiger partial charge in [0.1, 0.15) is 11.4 Å². The third kappa shape index (κ3) is 14.3. The second-order valence-corrected chi connectivity index (χ2v) is 14.6. The molecule has 1 aliphatic carbocycles. The Morgan fingerprint density at radius 2 is 0.960 bits per heavy atom. The van der Waals surface area contributed by atoms with Crippen molar-refractivity contribution in [2.75, 3.05) is 13.2 Å². The molecule has 272 valence electrons. The molecule has 0 saturated heterocycles. The minimum Gasteiger partial charge on any atom is -0.494 e. The molecule has 0 bridgehead atoms. The van der Waals surface area contributed by atoms with Gasteiger partial charge >= 0.3 is 0 Å². The minimum absolute atomic E-state index is 0.434. The van der Waals surface area contributed by atoms with E-state index in [9.17, 15) is 0 Å². The van der Waals surface area contributed by atoms with E-state index in [1.165, 1.54) is 143 Å². The minimum atomic E-state index is -0.434. The van der Waals surface area contributed by atoms with E-state index in [0.717, 1.165) is 38.2 Å². The summed E-state index contributed by atoms with van der Waals surface area (Å²) in [6.45, 7) is 6.17. The van der Waals surface area contributed by atoms with Crippen molar-refractivity contribution in [1.29, 1.82) is 0 Å². The number of allylic oxidation sites excluding steroid dienone is 2. The fourth-order valence-corrected chi connectivity index (χ4v) is 7.18. The van der Waals surface area contributed by atoms with E-state index < -0.39 is 5.60 Å². The van der Waals surface area contributed by atoms with Crippen LogP contribution < -0.4 is 4.74 Å². The fourth-order valence-electron chi connectivity index (χ4n) is 7.18. The van der Waals surface area contributed by atoms with Crippen molar-refractivity contribution >= 4 is 5.57 Å². The fraction of sp³-hybridized carbons (Fsp3) is 0.542. The first-order chi connectivity index (χ1) is 24.7. The number of benzene rings is 3. The molecule has 0 fully saturated rings. The van der Waals surface area contributed by atoms with E-state index in [0.29, 0.717) is 0 Å². The third-order valence-corrected chi connectivity index (χ3v) is 10.4. The lowest BCUT2D eigenvalue weighted by atomic mass is 9.83. The van der Waals surface area contributed by atoms with Crippen molar-refractivity contribution in [2.45, 2.75) is 154 Å². The molecule has 0 radical (unpaired) electrons. The maximum atomic E-state index is 6.83. The van der Waals surface area contributed by atoms with Crippen LogP contribution in [0.5, 0.6) is 5.75 Å². The molecule has 0 aliphatic heterocycles. The number of hydrogen-bond donors (Lipinski definition) is 0. The maximum absolute atomic E-state index is 6.83. The van der Waals surface area contributed by atoms with Crippen LogP contribution in [0.1, 0.15) is 160 Å². The van der Waals surface area contributed by atoms with Crippen molar-refractivity contribution in [1.82, 2.24) is 0 Å². The molecule has 50 heavy (non-hydrogen) atoms. The van der Waals surface area contributed by atoms with Gasteiger partial charge in [-0.3, -0.25) is 0 Å². The van der Waals surface area contributed by atoms with E-state index in [-0.39, 0.29) is 0 Å². The summed E-state index contributed by atoms with van der Waals surface area (Å²) < 4.78 is 12.9. The molecule has 0 spiro atoms. The molecular weight excluding hydrogens is 609 g/mol. The van der Waals surface area contributed by atoms with E-state index >= 15 is 0 Å². The van der Waals surface area contributed by atoms with Crippen molar-refractivity contribution in [3.63, 3.8) is 0 Å². The summed E-state index contributed by atoms with van der Waals surface area (Å²) in [6.07, 6.45) is 34.6. The van der Waals surface area contributed by atoms with Crippen molar-refractivity contribution in [3.8, 4) is 16.9 Å². The first kappa shape index (κ1) is 39.7. The van der Waals surface area contributed by atoms with E-state index in [2.05, 4.69) is 111 Å². The number of rotatable bonds is 27. The molecule has 3 aromatic rings. The van der Waals surface area contributed by atoms with Crippen molar-refractivity contribution < 1.29 is 9.47 Å². The first-order valence-corrected chi connectivity index (χ1v) is 20.7. The molecule has 4 rings (SSSR count). The average Bonchev–Trinajstić information content (AvgIpc) is 3.17. The van der Waals surface area contributed by atoms with E-state index in [4.69, 9.17) is 9.47 Å². The van der Waals surface area contributed by atoms with Crippen LogP contribution >= 0.6 is 0 Å². The van der Waals surface area contributed by atoms with Crippen LogP contribution in [-0.4, -0.2) is 13.2 Å². The molecule has 0 heterocycles. The van der Waals surface area contributed by atoms with Crippen LogP contribution in [0.3, 0.4) is 0 Å². The summed E-state index contributed by atoms with van der Waals surface area (Å²) in [7, 11) is 0. The zero-order valence-electron chi connectivity index (χ0n) is 31.8. The Morgan fingerprint density at radius 1 is 0.480 bits per heavy atom. The summed E-state index contributed by atoms with van der Waals surface area (Å²) in [5, 5.41) is 0. The summed E-state index contributed by atoms with van der Waals surface area (Å²) in [4.78, 5) is 0. The second-order valence-electron chi connectivity index (χ2n) is 14.6. The lowest BCUT2D eigenvalue weighted by Crippen LogP contribution is -2.29. The highest BCUT2D eigenvalue weighted by Crippen LogP contribution is 2.39. The summed E-state index contributed by atoms with van der Waals surface area (Å²) in [5.41, 5.74) is 5.77. The van der Waals surface area contributed by atoms with Gasteiger partial charge in [-0.1, -0.05) is 208 Å². The Kier molecular flexibility index (Phi) is 19.2. The van der Waals surface area contributed by atoms with Crippen molar-refractivity contribution in [3.05, 3.63) is 108 Å². The zero-order valence-corrected chi connectivity index (χ0v) is 31.8. The van der Waals surface area contributed by atoms with Gasteiger partial charge < -0.3 is 9.47 Å². The molecule has 2 nitrogen and oxygen atoms in total. The molecule has 0 aromatic heterocycles. The molecule has 0 saturated carbocycles. The number of ether oxygens (including phenoxy) is 2. The molecule has 2 heteroatoms. The number of hydrogen-bond acceptors (Lipinski definition) is 2. The Hall–Kier alpha value is -3.10. The largest absolute Gasteiger partial charge is 0.494 e. The van der Waals surface area contributed by atoms with Gasteiger partial charge in [0.2, 0.25) is 0 Å². The number of unbranched alkanes of at least 4 members (excludes halogenated alkanes) is 18. The second kappa shape index (κ2) is 24.2. The third-order valence-electron chi connectivity index (χ3n) is 10.4. The quantitative estimate of drug-likeness (QED) is 0.0748. The van der Waals surface area contributed by atoms with Crippen LogP contribution in [0.2, 0.25) is 0 Å². The molecule has 0 amide bonds. The molecule has 1 unspecified atom stereocenters. The van der Waals surface area contributed by atoms with Crippen LogP contribution in [0.4, 0.5) is 0 Å². The molecular formula is C48H68O2. The van der Waals surface area contributed by atoms with Gasteiger partial charge in [0, 0.05) is 13.0 Å². The van der Waals surface area contributed by atoms with Gasteiger partial charge in [0.05, 0.1) is 6.61 Å². The predicted octanol–water partition coefficient (Wildman–Crippen LogP) is 14.8. The molecule has 1 atom stereocenters. The lowest BCUT2D eigenvalue weighted by Gasteiger charge is -2.33. The normalized spacial score (nSPS) is 15.7. The van der Waals surface area contributed by atoms with E-state index in [1.54, 1.807) is 0 Å². The summed E-state index contributed by atoms with van der Waals surface area (Å²) in [5.74, 6) is 0.970. The summed E-state index contributed by atoms with van der Waals surface area (Å²) in [6, 6.07) is 28.3. The monoisotopic (exact) mass is 677 g/mol. The Labute approximate surface area is 306 Å². The molecule has 0 N–H and O–H groups in total. The highest BCUT2D eigenvalue weighted by molar-refractivity contribution is 5.76. The van der Waals surface area contributed by atoms with Crippen LogP contribution in [0.15, 0.2) is 97.1 Å². The predicted molar refractivity (Wildman–Crippen MR) is 217 cm³/mol. The first-order valence-electron chi connectivity index (χ1n) is 20.7. The smallest absolute Gasteiger partial charge is 0.119 e. The Bertz CT molecular complexity index is 1340. The van der Waals surface area contributed by atoms with Gasteiger partial charge in [0.25, 0.3) is 0 Å². The van der Waals surface area contributed by atoms with Crippen LogP contribution in [-0.2, 0) is 10.3 Å². The highest BCUT2D eigenvalue weighted by atomic mass is 16.5. The van der Waals surface area contributed by atoms with Gasteiger partial charge in [-0.05, 0) is 58.9 Å². The average molecular weight is 677 g/mol. The molecule has 1 aliphatic rings. The Morgan fingerprint density at radius 3 is 1.48 bits per heavy atom. The van der Waals surface area contributed by atoms with Crippen molar-refractivity contribution in [2.24, 2.45) is 0 Å². The van der Waals surface area contributed by atoms with Crippen LogP contribution in [0.25, 0.3) is 16.7 Å². The van der Waals surface area contributed by atoms with Gasteiger partial charge in [-0.25, -0.2) is 0 Å². The van der Waals surface area contributed by atoms with Gasteiger partial charge in [-0.15, -0.1) is 0 Å². The van der Waals surface area contributed by atoms with Gasteiger partial charge in [0.15, 0.2) is 0 Å². The lowest BCUT2D eigenvalue weighted by molar-refractivity contribution is -0.0129.